The van der Waals surface area contributed by atoms with E-state index in [9.17, 15) is 9.59 Å². The molecule has 9 nitrogen and oxygen atoms in total. The van der Waals surface area contributed by atoms with Crippen LogP contribution in [0.3, 0.4) is 0 Å². The van der Waals surface area contributed by atoms with E-state index >= 15 is 0 Å². The molecule has 2 heterocycles. The fraction of sp³-hybridized carbons (Fsp3) is 0.500. The second-order valence-corrected chi connectivity index (χ2v) is 14.0. The molecule has 47 heavy (non-hydrogen) atoms. The van der Waals surface area contributed by atoms with Crippen LogP contribution in [0, 0.1) is 11.3 Å². The maximum Gasteiger partial charge on any atom is 0.406 e. The number of para-hydroxylation sites is 2. The van der Waals surface area contributed by atoms with E-state index < -0.39 is 11.5 Å². The number of amides is 2. The number of alkyl carbamates (subject to hydrolysis) is 1. The number of nitrogens with zero attached hydrogens (tertiary/aromatic N) is 2. The molecule has 1 fully saturated rings. The molecule has 252 valence electrons. The fourth-order valence-corrected chi connectivity index (χ4v) is 7.15. The molecule has 2 N–H and O–H groups in total. The summed E-state index contributed by atoms with van der Waals surface area (Å²) in [5.41, 5.74) is 7.00. The third-order valence-corrected chi connectivity index (χ3v) is 10.2. The molecule has 9 heteroatoms. The van der Waals surface area contributed by atoms with E-state index in [1.165, 1.54) is 41.0 Å². The molecule has 2 atom stereocenters. The first-order valence-corrected chi connectivity index (χ1v) is 16.6. The minimum atomic E-state index is -0.478. The average Bonchev–Trinajstić information content (AvgIpc) is 3.61. The third kappa shape index (κ3) is 7.02. The summed E-state index contributed by atoms with van der Waals surface area (Å²) >= 11 is 0. The molecule has 1 saturated carbocycles. The lowest BCUT2D eigenvalue weighted by molar-refractivity contribution is -0.401. The van der Waals surface area contributed by atoms with E-state index in [1.807, 2.05) is 0 Å². The van der Waals surface area contributed by atoms with Crippen LogP contribution in [0.2, 0.25) is 0 Å². The number of hydrogen-bond acceptors (Lipinski definition) is 6. The Hall–Kier alpha value is -3.95. The minimum absolute atomic E-state index is 0.0795. The van der Waals surface area contributed by atoms with Gasteiger partial charge in [-0.15, -0.1) is 0 Å². The molecular weight excluding hydrogens is 592 g/mol. The molecule has 2 aromatic carbocycles. The molecule has 2 unspecified atom stereocenters. The standard InChI is InChI=1S/C38H50N4O5/c1-36(2)28-13-8-10-15-30(28)41(6)32(36)17-12-18-33-37(3,4)29-14-9-11-16-31(29)42(33)26-27-25-38(27,5)34(43)39-19-21-46-23-24-47-22-20-40-35(44)45-7/h8-18,27H,19-26H2,1-7H3,(H-,39,40,43,44)/p+1. The zero-order valence-corrected chi connectivity index (χ0v) is 29.0. The Kier molecular flexibility index (Phi) is 10.3. The molecule has 0 spiro atoms. The van der Waals surface area contributed by atoms with Crippen LogP contribution >= 0.6 is 0 Å². The zero-order valence-electron chi connectivity index (χ0n) is 29.0. The first kappa shape index (κ1) is 34.4. The van der Waals surface area contributed by atoms with Gasteiger partial charge in [-0.05, 0) is 43.9 Å². The number of hydrogen-bond donors (Lipinski definition) is 2. The van der Waals surface area contributed by atoms with E-state index in [1.54, 1.807) is 0 Å². The van der Waals surface area contributed by atoms with Crippen molar-refractivity contribution in [2.75, 3.05) is 65.1 Å². The number of nitrogens with one attached hydrogen (secondary N) is 2. The number of methoxy groups -OCH3 is 1. The van der Waals surface area contributed by atoms with Gasteiger partial charge in [-0.1, -0.05) is 63.2 Å². The summed E-state index contributed by atoms with van der Waals surface area (Å²) in [6, 6.07) is 17.3. The van der Waals surface area contributed by atoms with E-state index in [0.717, 1.165) is 13.0 Å². The SMILES string of the molecule is COC(=O)NCCOCCOCCNC(=O)C1(C)CC1CN1C(=CC=CC2=[N+](C)c3ccccc3C2(C)C)C(C)(C)c2ccccc21. The van der Waals surface area contributed by atoms with Crippen LogP contribution in [0.15, 0.2) is 72.5 Å². The second-order valence-electron chi connectivity index (χ2n) is 14.0. The molecule has 0 saturated heterocycles. The van der Waals surface area contributed by atoms with Crippen LogP contribution in [0.1, 0.15) is 52.2 Å². The van der Waals surface area contributed by atoms with Crippen LogP contribution in [-0.4, -0.2) is 82.5 Å². The van der Waals surface area contributed by atoms with Crippen molar-refractivity contribution in [1.29, 1.82) is 0 Å². The number of carbonyl (C=O) groups is 2. The van der Waals surface area contributed by atoms with Crippen molar-refractivity contribution in [3.8, 4) is 0 Å². The molecule has 2 aromatic rings. The number of benzene rings is 2. The molecule has 5 rings (SSSR count). The summed E-state index contributed by atoms with van der Waals surface area (Å²) in [5, 5.41) is 5.64. The molecular formula is C38H51N4O5+. The Bertz CT molecular complexity index is 1580. The molecule has 3 aliphatic rings. The lowest BCUT2D eigenvalue weighted by Gasteiger charge is -2.28. The Labute approximate surface area is 279 Å². The van der Waals surface area contributed by atoms with Crippen molar-refractivity contribution in [1.82, 2.24) is 10.6 Å². The van der Waals surface area contributed by atoms with Crippen molar-refractivity contribution in [2.45, 2.75) is 51.9 Å². The van der Waals surface area contributed by atoms with Crippen molar-refractivity contribution in [3.05, 3.63) is 83.6 Å². The zero-order chi connectivity index (χ0) is 33.8. The number of fused-ring (bicyclic) bond motifs is 2. The Balaban J connectivity index is 1.18. The van der Waals surface area contributed by atoms with Gasteiger partial charge in [0.05, 0.1) is 44.4 Å². The summed E-state index contributed by atoms with van der Waals surface area (Å²) in [7, 11) is 3.47. The van der Waals surface area contributed by atoms with E-state index in [0.29, 0.717) is 39.5 Å². The van der Waals surface area contributed by atoms with Gasteiger partial charge in [0.25, 0.3) is 0 Å². The summed E-state index contributed by atoms with van der Waals surface area (Å²) in [6.45, 7) is 14.5. The maximum atomic E-state index is 13.3. The molecule has 1 aliphatic carbocycles. The smallest absolute Gasteiger partial charge is 0.406 e. The second kappa shape index (κ2) is 14.0. The predicted molar refractivity (Wildman–Crippen MR) is 186 cm³/mol. The first-order valence-electron chi connectivity index (χ1n) is 16.6. The van der Waals surface area contributed by atoms with Crippen LogP contribution in [0.25, 0.3) is 0 Å². The van der Waals surface area contributed by atoms with Crippen LogP contribution in [-0.2, 0) is 29.8 Å². The monoisotopic (exact) mass is 643 g/mol. The predicted octanol–water partition coefficient (Wildman–Crippen LogP) is 5.46. The van der Waals surface area contributed by atoms with Gasteiger partial charge in [-0.25, -0.2) is 4.79 Å². The lowest BCUT2D eigenvalue weighted by atomic mass is 9.81. The molecule has 2 amide bonds. The van der Waals surface area contributed by atoms with Crippen LogP contribution in [0.4, 0.5) is 16.2 Å². The molecule has 0 bridgehead atoms. The van der Waals surface area contributed by atoms with Crippen molar-refractivity contribution in [3.63, 3.8) is 0 Å². The third-order valence-electron chi connectivity index (χ3n) is 10.2. The van der Waals surface area contributed by atoms with Gasteiger partial charge < -0.3 is 29.7 Å². The lowest BCUT2D eigenvalue weighted by Crippen LogP contribution is -2.36. The van der Waals surface area contributed by atoms with Gasteiger partial charge >= 0.3 is 6.09 Å². The van der Waals surface area contributed by atoms with Gasteiger partial charge in [0, 0.05) is 54.1 Å². The molecule has 2 aliphatic heterocycles. The summed E-state index contributed by atoms with van der Waals surface area (Å²) < 4.78 is 17.8. The van der Waals surface area contributed by atoms with Gasteiger partial charge in [0.1, 0.15) is 7.05 Å². The van der Waals surface area contributed by atoms with Crippen molar-refractivity contribution in [2.24, 2.45) is 11.3 Å². The van der Waals surface area contributed by atoms with E-state index in [2.05, 4.69) is 133 Å². The van der Waals surface area contributed by atoms with Gasteiger partial charge in [-0.3, -0.25) is 4.79 Å². The van der Waals surface area contributed by atoms with Gasteiger partial charge in [-0.2, -0.15) is 4.58 Å². The highest BCUT2D eigenvalue weighted by Crippen LogP contribution is 2.56. The Morgan fingerprint density at radius 3 is 2.21 bits per heavy atom. The largest absolute Gasteiger partial charge is 0.453 e. The molecule has 0 radical (unpaired) electrons. The first-order chi connectivity index (χ1) is 22.4. The highest BCUT2D eigenvalue weighted by atomic mass is 16.5. The molecule has 0 aromatic heterocycles. The summed E-state index contributed by atoms with van der Waals surface area (Å²) in [5.74, 6) is 0.324. The quantitative estimate of drug-likeness (QED) is 0.210. The van der Waals surface area contributed by atoms with Crippen molar-refractivity contribution >= 4 is 29.1 Å². The highest BCUT2D eigenvalue weighted by molar-refractivity contribution is 6.03. The number of allylic oxidation sites excluding steroid dienone is 4. The summed E-state index contributed by atoms with van der Waals surface area (Å²) in [4.78, 5) is 26.7. The topological polar surface area (TPSA) is 92.1 Å². The highest BCUT2D eigenvalue weighted by Gasteiger charge is 2.57. The van der Waals surface area contributed by atoms with Crippen LogP contribution in [0.5, 0.6) is 0 Å². The number of anilines is 1. The Morgan fingerprint density at radius 1 is 0.894 bits per heavy atom. The normalized spacial score (nSPS) is 22.8. The van der Waals surface area contributed by atoms with E-state index in [4.69, 9.17) is 9.47 Å². The number of ether oxygens (including phenoxy) is 3. The number of carbonyl (C=O) groups excluding carboxylic acids is 2. The number of rotatable bonds is 14. The maximum absolute atomic E-state index is 13.3. The fourth-order valence-electron chi connectivity index (χ4n) is 7.15. The van der Waals surface area contributed by atoms with Crippen LogP contribution < -0.4 is 15.5 Å². The van der Waals surface area contributed by atoms with Gasteiger partial charge in [0.15, 0.2) is 5.71 Å². The van der Waals surface area contributed by atoms with Gasteiger partial charge in [0.2, 0.25) is 11.6 Å². The average molecular weight is 644 g/mol. The summed E-state index contributed by atoms with van der Waals surface area (Å²) in [6.07, 6.45) is 7.11. The Morgan fingerprint density at radius 2 is 1.53 bits per heavy atom. The van der Waals surface area contributed by atoms with Crippen molar-refractivity contribution < 1.29 is 28.4 Å². The van der Waals surface area contributed by atoms with E-state index in [-0.39, 0.29) is 22.7 Å². The minimum Gasteiger partial charge on any atom is -0.453 e.